The van der Waals surface area contributed by atoms with Crippen LogP contribution in [0, 0.1) is 0 Å². The molecule has 0 spiro atoms. The van der Waals surface area contributed by atoms with Crippen molar-refractivity contribution < 1.29 is 0 Å². The van der Waals surface area contributed by atoms with Gasteiger partial charge in [0.2, 0.25) is 0 Å². The van der Waals surface area contributed by atoms with Gasteiger partial charge in [0.25, 0.3) is 0 Å². The third-order valence-electron chi connectivity index (χ3n) is 1.53. The van der Waals surface area contributed by atoms with Crippen molar-refractivity contribution in [3.63, 3.8) is 0 Å². The second-order valence-electron chi connectivity index (χ2n) is 2.52. The van der Waals surface area contributed by atoms with Gasteiger partial charge in [-0.1, -0.05) is 7.43 Å². The third-order valence-corrected chi connectivity index (χ3v) is 2.54. The zero-order chi connectivity index (χ0) is 6.95. The van der Waals surface area contributed by atoms with Gasteiger partial charge in [-0.25, -0.2) is 0 Å². The molecular weight excluding hydrogens is 227 g/mol. The first-order valence-electron chi connectivity index (χ1n) is 4.06. The molecule has 0 saturated heterocycles. The molecule has 0 nitrogen and oxygen atoms in total. The van der Waals surface area contributed by atoms with Crippen LogP contribution in [0.5, 0.6) is 0 Å². The van der Waals surface area contributed by atoms with E-state index in [0.29, 0.717) is 0 Å². The Hall–Kier alpha value is 0.799. The van der Waals surface area contributed by atoms with E-state index in [4.69, 9.17) is 0 Å². The Morgan fingerprint density at radius 3 is 1.90 bits per heavy atom. The molecule has 0 fully saturated rings. The van der Waals surface area contributed by atoms with Gasteiger partial charge in [0.05, 0.1) is 0 Å². The Kier molecular flexibility index (Phi) is 16.7. The molecule has 0 atom stereocenters. The van der Waals surface area contributed by atoms with E-state index in [1.54, 1.807) is 22.5 Å². The van der Waals surface area contributed by atoms with Crippen molar-refractivity contribution in [3.8, 4) is 0 Å². The summed E-state index contributed by atoms with van der Waals surface area (Å²) in [6, 6.07) is 0. The maximum atomic E-state index is 2.27. The summed E-state index contributed by atoms with van der Waals surface area (Å²) in [5.74, 6) is 0. The molecule has 0 aliphatic rings. The second kappa shape index (κ2) is 12.5. The molecule has 0 heterocycles. The summed E-state index contributed by atoms with van der Waals surface area (Å²) < 4.78 is 1.46. The quantitative estimate of drug-likeness (QED) is 0.497. The zero-order valence-electron chi connectivity index (χ0n) is 6.45. The maximum absolute atomic E-state index is 2.27. The second-order valence-corrected chi connectivity index (χ2v) is 3.94. The Morgan fingerprint density at radius 2 is 1.40 bits per heavy atom. The summed E-state index contributed by atoms with van der Waals surface area (Å²) >= 11 is 1.71. The van der Waals surface area contributed by atoms with E-state index in [1.807, 2.05) is 0 Å². The van der Waals surface area contributed by atoms with E-state index in [9.17, 15) is 0 Å². The zero-order valence-corrected chi connectivity index (χ0v) is 9.30. The van der Waals surface area contributed by atoms with E-state index < -0.39 is 0 Å². The molecule has 1 heteroatoms. The molecule has 10 heavy (non-hydrogen) atoms. The predicted octanol–water partition coefficient (Wildman–Crippen LogP) is 3.57. The summed E-state index contributed by atoms with van der Waals surface area (Å²) in [6.45, 7) is 2.27. The molecule has 0 aliphatic heterocycles. The Labute approximate surface area is 79.9 Å². The van der Waals surface area contributed by atoms with Gasteiger partial charge < -0.3 is 0 Å². The molecule has 0 amide bonds. The fourth-order valence-electron chi connectivity index (χ4n) is 0.905. The van der Waals surface area contributed by atoms with Gasteiger partial charge in [0, 0.05) is 0 Å². The molecular formula is C9H21Sn+3. The van der Waals surface area contributed by atoms with Crippen LogP contribution in [0.3, 0.4) is 0 Å². The molecule has 58 valence electrons. The SMILES string of the molecule is C.CCCCCCC[CH2][Sn+3]. The third kappa shape index (κ3) is 11.6. The van der Waals surface area contributed by atoms with E-state index >= 15 is 0 Å². The standard InChI is InChI=1S/C8H17.CH4.Sn/c1-3-5-7-8-6-4-2;;/h1,3-8H2,2H3;1H4;/q;;+3. The first kappa shape index (κ1) is 13.4. The average molecular weight is 248 g/mol. The minimum absolute atomic E-state index is 0. The number of hydrogen-bond donors (Lipinski definition) is 0. The molecule has 0 saturated carbocycles. The van der Waals surface area contributed by atoms with Gasteiger partial charge in [-0.2, -0.15) is 0 Å². The molecule has 0 rings (SSSR count). The van der Waals surface area contributed by atoms with Crippen LogP contribution in [0.25, 0.3) is 0 Å². The number of unbranched alkanes of at least 4 members (excludes halogenated alkanes) is 5. The van der Waals surface area contributed by atoms with Gasteiger partial charge in [-0.15, -0.1) is 0 Å². The molecule has 0 radical (unpaired) electrons. The van der Waals surface area contributed by atoms with Crippen molar-refractivity contribution >= 4 is 22.5 Å². The van der Waals surface area contributed by atoms with E-state index in [-0.39, 0.29) is 7.43 Å². The van der Waals surface area contributed by atoms with Crippen LogP contribution < -0.4 is 0 Å². The van der Waals surface area contributed by atoms with Gasteiger partial charge in [-0.3, -0.25) is 0 Å². The number of rotatable bonds is 6. The van der Waals surface area contributed by atoms with Gasteiger partial charge in [-0.05, 0) is 0 Å². The van der Waals surface area contributed by atoms with Crippen molar-refractivity contribution in [1.29, 1.82) is 0 Å². The molecule has 0 aromatic carbocycles. The van der Waals surface area contributed by atoms with Crippen molar-refractivity contribution in [3.05, 3.63) is 0 Å². The van der Waals surface area contributed by atoms with Gasteiger partial charge in [0.1, 0.15) is 0 Å². The topological polar surface area (TPSA) is 0 Å². The van der Waals surface area contributed by atoms with Crippen molar-refractivity contribution in [2.24, 2.45) is 0 Å². The minimum atomic E-state index is 0. The Morgan fingerprint density at radius 1 is 0.900 bits per heavy atom. The summed E-state index contributed by atoms with van der Waals surface area (Å²) in [7, 11) is 0. The Balaban J connectivity index is 0. The van der Waals surface area contributed by atoms with Crippen LogP contribution in [0.15, 0.2) is 0 Å². The summed E-state index contributed by atoms with van der Waals surface area (Å²) in [5.41, 5.74) is 0. The summed E-state index contributed by atoms with van der Waals surface area (Å²) in [6.07, 6.45) is 8.71. The van der Waals surface area contributed by atoms with E-state index in [0.717, 1.165) is 0 Å². The number of hydrogen-bond acceptors (Lipinski definition) is 0. The van der Waals surface area contributed by atoms with Crippen LogP contribution in [0.2, 0.25) is 4.44 Å². The molecule has 0 N–H and O–H groups in total. The average Bonchev–Trinajstić information content (AvgIpc) is 1.89. The Bertz CT molecular complexity index is 38.0. The molecule has 0 unspecified atom stereocenters. The van der Waals surface area contributed by atoms with Crippen LogP contribution >= 0.6 is 0 Å². The summed E-state index contributed by atoms with van der Waals surface area (Å²) in [4.78, 5) is 0. The van der Waals surface area contributed by atoms with Crippen LogP contribution in [0.4, 0.5) is 0 Å². The van der Waals surface area contributed by atoms with Crippen LogP contribution in [-0.2, 0) is 0 Å². The van der Waals surface area contributed by atoms with Crippen molar-refractivity contribution in [1.82, 2.24) is 0 Å². The first-order chi connectivity index (χ1) is 4.41. The monoisotopic (exact) mass is 249 g/mol. The van der Waals surface area contributed by atoms with Crippen LogP contribution in [0.1, 0.15) is 52.9 Å². The predicted molar refractivity (Wildman–Crippen MR) is 50.7 cm³/mol. The van der Waals surface area contributed by atoms with E-state index in [2.05, 4.69) is 6.92 Å². The normalized spacial score (nSPS) is 9.10. The molecule has 0 aromatic rings. The summed E-state index contributed by atoms with van der Waals surface area (Å²) in [5, 5.41) is 0. The first-order valence-corrected chi connectivity index (χ1v) is 6.08. The fourth-order valence-corrected chi connectivity index (χ4v) is 1.62. The molecule has 0 aliphatic carbocycles. The fraction of sp³-hybridized carbons (Fsp3) is 1.00. The molecule has 0 bridgehead atoms. The van der Waals surface area contributed by atoms with Gasteiger partial charge >= 0.3 is 72.4 Å². The molecule has 0 aromatic heterocycles. The van der Waals surface area contributed by atoms with Crippen molar-refractivity contribution in [2.45, 2.75) is 57.3 Å². The van der Waals surface area contributed by atoms with Crippen LogP contribution in [-0.4, -0.2) is 22.5 Å². The van der Waals surface area contributed by atoms with E-state index in [1.165, 1.54) is 43.0 Å². The van der Waals surface area contributed by atoms with Gasteiger partial charge in [0.15, 0.2) is 0 Å². The van der Waals surface area contributed by atoms with Crippen molar-refractivity contribution in [2.75, 3.05) is 0 Å².